The van der Waals surface area contributed by atoms with Gasteiger partial charge in [0, 0.05) is 25.2 Å². The van der Waals surface area contributed by atoms with E-state index in [-0.39, 0.29) is 5.41 Å². The van der Waals surface area contributed by atoms with Crippen LogP contribution in [-0.2, 0) is 16.6 Å². The van der Waals surface area contributed by atoms with E-state index < -0.39 is 10.0 Å². The minimum Gasteiger partial charge on any atom is -0.493 e. The van der Waals surface area contributed by atoms with Crippen molar-refractivity contribution in [3.8, 4) is 5.75 Å². The van der Waals surface area contributed by atoms with Crippen molar-refractivity contribution in [2.75, 3.05) is 32.8 Å². The quantitative estimate of drug-likeness (QED) is 0.601. The first-order valence-electron chi connectivity index (χ1n) is 11.9. The first kappa shape index (κ1) is 23.3. The third-order valence-electron chi connectivity index (χ3n) is 7.02. The lowest BCUT2D eigenvalue weighted by atomic mass is 9.71. The molecule has 2 aromatic carbocycles. The van der Waals surface area contributed by atoms with Crippen molar-refractivity contribution in [1.29, 1.82) is 0 Å². The van der Waals surface area contributed by atoms with Crippen LogP contribution in [0.1, 0.15) is 45.1 Å². The Kier molecular flexibility index (Phi) is 7.23. The molecule has 0 radical (unpaired) electrons. The van der Waals surface area contributed by atoms with Crippen LogP contribution in [0.5, 0.6) is 5.75 Å². The van der Waals surface area contributed by atoms with Gasteiger partial charge in [-0.1, -0.05) is 50.2 Å². The van der Waals surface area contributed by atoms with Crippen molar-refractivity contribution < 1.29 is 13.2 Å². The number of para-hydroxylation sites is 1. The van der Waals surface area contributed by atoms with Gasteiger partial charge in [-0.15, -0.1) is 0 Å². The molecular weight excluding hydrogens is 420 g/mol. The molecule has 0 bridgehead atoms. The largest absolute Gasteiger partial charge is 0.493 e. The van der Waals surface area contributed by atoms with Crippen LogP contribution in [0.4, 0.5) is 0 Å². The van der Waals surface area contributed by atoms with Gasteiger partial charge in [0.2, 0.25) is 10.0 Å². The number of piperidine rings is 2. The van der Waals surface area contributed by atoms with Gasteiger partial charge >= 0.3 is 0 Å². The lowest BCUT2D eigenvalue weighted by Gasteiger charge is -2.46. The van der Waals surface area contributed by atoms with Crippen molar-refractivity contribution in [2.24, 2.45) is 11.3 Å². The number of rotatable bonds is 7. The summed E-state index contributed by atoms with van der Waals surface area (Å²) < 4.78 is 33.6. The first-order chi connectivity index (χ1) is 15.4. The van der Waals surface area contributed by atoms with E-state index in [1.807, 2.05) is 12.1 Å². The molecule has 0 unspecified atom stereocenters. The zero-order valence-electron chi connectivity index (χ0n) is 19.4. The van der Waals surface area contributed by atoms with Crippen molar-refractivity contribution in [3.63, 3.8) is 0 Å². The standard InChI is InChI=1S/C26H36N2O3S/c1-22(2)21-31-25-11-7-6-8-23(25)20-27-16-12-26(13-17-27)14-18-28(19-15-26)32(29,30)24-9-4-3-5-10-24/h3-11,22H,12-21H2,1-2H3. The van der Waals surface area contributed by atoms with Gasteiger partial charge in [-0.3, -0.25) is 4.90 Å². The van der Waals surface area contributed by atoms with Crippen molar-refractivity contribution >= 4 is 10.0 Å². The highest BCUT2D eigenvalue weighted by Crippen LogP contribution is 2.42. The number of sulfonamides is 1. The van der Waals surface area contributed by atoms with E-state index in [4.69, 9.17) is 4.74 Å². The predicted molar refractivity (Wildman–Crippen MR) is 128 cm³/mol. The summed E-state index contributed by atoms with van der Waals surface area (Å²) >= 11 is 0. The molecule has 2 heterocycles. The maximum atomic E-state index is 12.9. The Morgan fingerprint density at radius 2 is 1.47 bits per heavy atom. The van der Waals surface area contributed by atoms with Crippen LogP contribution >= 0.6 is 0 Å². The lowest BCUT2D eigenvalue weighted by Crippen LogP contribution is -2.48. The van der Waals surface area contributed by atoms with Crippen LogP contribution in [0.3, 0.4) is 0 Å². The minimum absolute atomic E-state index is 0.285. The molecule has 2 aliphatic heterocycles. The molecule has 5 nitrogen and oxygen atoms in total. The molecular formula is C26H36N2O3S. The van der Waals surface area contributed by atoms with E-state index in [2.05, 4.69) is 36.9 Å². The zero-order chi connectivity index (χ0) is 22.6. The normalized spacial score (nSPS) is 20.0. The van der Waals surface area contributed by atoms with E-state index in [0.717, 1.165) is 57.7 Å². The van der Waals surface area contributed by atoms with Crippen molar-refractivity contribution in [1.82, 2.24) is 9.21 Å². The molecule has 2 saturated heterocycles. The van der Waals surface area contributed by atoms with E-state index in [1.165, 1.54) is 5.56 Å². The van der Waals surface area contributed by atoms with Gasteiger partial charge in [0.1, 0.15) is 5.75 Å². The van der Waals surface area contributed by atoms with Crippen LogP contribution in [-0.4, -0.2) is 50.4 Å². The topological polar surface area (TPSA) is 49.9 Å². The van der Waals surface area contributed by atoms with Gasteiger partial charge in [-0.2, -0.15) is 4.31 Å². The summed E-state index contributed by atoms with van der Waals surface area (Å²) in [6.45, 7) is 9.37. The van der Waals surface area contributed by atoms with E-state index in [9.17, 15) is 8.42 Å². The molecule has 2 aromatic rings. The molecule has 0 atom stereocenters. The van der Waals surface area contributed by atoms with Gasteiger partial charge in [0.25, 0.3) is 0 Å². The third-order valence-corrected chi connectivity index (χ3v) is 8.93. The fourth-order valence-electron chi connectivity index (χ4n) is 4.90. The van der Waals surface area contributed by atoms with Crippen molar-refractivity contribution in [2.45, 2.75) is 51.0 Å². The first-order valence-corrected chi connectivity index (χ1v) is 13.3. The Morgan fingerprint density at radius 3 is 2.12 bits per heavy atom. The van der Waals surface area contributed by atoms with Crippen LogP contribution in [0.25, 0.3) is 0 Å². The fraction of sp³-hybridized carbons (Fsp3) is 0.538. The Morgan fingerprint density at radius 1 is 0.875 bits per heavy atom. The highest BCUT2D eigenvalue weighted by molar-refractivity contribution is 7.89. The molecule has 0 N–H and O–H groups in total. The summed E-state index contributed by atoms with van der Waals surface area (Å²) in [7, 11) is -3.38. The number of likely N-dealkylation sites (tertiary alicyclic amines) is 1. The number of hydrogen-bond acceptors (Lipinski definition) is 4. The third kappa shape index (κ3) is 5.36. The van der Waals surface area contributed by atoms with Crippen LogP contribution < -0.4 is 4.74 Å². The molecule has 4 rings (SSSR count). The summed E-state index contributed by atoms with van der Waals surface area (Å²) in [6, 6.07) is 17.2. The number of ether oxygens (including phenoxy) is 1. The van der Waals surface area contributed by atoms with Gasteiger partial charge < -0.3 is 4.74 Å². The average molecular weight is 457 g/mol. The van der Waals surface area contributed by atoms with Gasteiger partial charge in [-0.05, 0) is 68.3 Å². The summed E-state index contributed by atoms with van der Waals surface area (Å²) in [5, 5.41) is 0. The second-order valence-electron chi connectivity index (χ2n) is 9.81. The molecule has 2 aliphatic rings. The van der Waals surface area contributed by atoms with Crippen molar-refractivity contribution in [3.05, 3.63) is 60.2 Å². The Balaban J connectivity index is 1.31. The molecule has 1 spiro atoms. The molecule has 6 heteroatoms. The van der Waals surface area contributed by atoms with Crippen LogP contribution in [0.2, 0.25) is 0 Å². The maximum absolute atomic E-state index is 12.9. The summed E-state index contributed by atoms with van der Waals surface area (Å²) in [4.78, 5) is 2.93. The van der Waals surface area contributed by atoms with E-state index in [0.29, 0.717) is 23.9 Å². The second-order valence-corrected chi connectivity index (χ2v) is 11.7. The Bertz CT molecular complexity index is 973. The fourth-order valence-corrected chi connectivity index (χ4v) is 6.36. The number of benzene rings is 2. The monoisotopic (exact) mass is 456 g/mol. The summed E-state index contributed by atoms with van der Waals surface area (Å²) in [5.74, 6) is 1.51. The average Bonchev–Trinajstić information content (AvgIpc) is 2.81. The molecule has 32 heavy (non-hydrogen) atoms. The second kappa shape index (κ2) is 9.94. The Hall–Kier alpha value is -1.89. The highest BCUT2D eigenvalue weighted by Gasteiger charge is 2.40. The van der Waals surface area contributed by atoms with Crippen LogP contribution in [0.15, 0.2) is 59.5 Å². The van der Waals surface area contributed by atoms with Crippen LogP contribution in [0, 0.1) is 11.3 Å². The molecule has 174 valence electrons. The molecule has 0 saturated carbocycles. The number of nitrogens with zero attached hydrogens (tertiary/aromatic N) is 2. The van der Waals surface area contributed by atoms with E-state index >= 15 is 0 Å². The SMILES string of the molecule is CC(C)COc1ccccc1CN1CCC2(CC1)CCN(S(=O)(=O)c1ccccc1)CC2. The highest BCUT2D eigenvalue weighted by atomic mass is 32.2. The maximum Gasteiger partial charge on any atom is 0.243 e. The number of hydrogen-bond donors (Lipinski definition) is 0. The summed E-state index contributed by atoms with van der Waals surface area (Å²) in [5.41, 5.74) is 1.54. The molecule has 2 fully saturated rings. The van der Waals surface area contributed by atoms with E-state index in [1.54, 1.807) is 28.6 Å². The Labute approximate surface area is 193 Å². The zero-order valence-corrected chi connectivity index (χ0v) is 20.2. The lowest BCUT2D eigenvalue weighted by molar-refractivity contribution is 0.0525. The smallest absolute Gasteiger partial charge is 0.243 e. The predicted octanol–water partition coefficient (Wildman–Crippen LogP) is 4.79. The van der Waals surface area contributed by atoms with Gasteiger partial charge in [0.05, 0.1) is 11.5 Å². The molecule has 0 aromatic heterocycles. The summed E-state index contributed by atoms with van der Waals surface area (Å²) in [6.07, 6.45) is 4.20. The molecule has 0 aliphatic carbocycles. The minimum atomic E-state index is -3.38. The molecule has 0 amide bonds. The van der Waals surface area contributed by atoms with Gasteiger partial charge in [-0.25, -0.2) is 8.42 Å². The van der Waals surface area contributed by atoms with Gasteiger partial charge in [0.15, 0.2) is 0 Å².